The standard InChI is InChI=1S/C15H19N3O3/c1-4-12-17-11-8-6-7-10(15(20)21)13(11)18(12)9(3)14(19)16-5-2/h6-9H,4-5H2,1-3H3,(H,16,19)(H,20,21). The minimum atomic E-state index is -1.02. The van der Waals surface area contributed by atoms with Gasteiger partial charge < -0.3 is 15.0 Å². The molecule has 0 aliphatic heterocycles. The first-order valence-corrected chi connectivity index (χ1v) is 7.02. The highest BCUT2D eigenvalue weighted by Crippen LogP contribution is 2.25. The molecule has 1 atom stereocenters. The first kappa shape index (κ1) is 15.0. The first-order valence-electron chi connectivity index (χ1n) is 7.02. The third-order valence-electron chi connectivity index (χ3n) is 3.45. The van der Waals surface area contributed by atoms with Crippen LogP contribution in [0, 0.1) is 0 Å². The minimum absolute atomic E-state index is 0.147. The van der Waals surface area contributed by atoms with Crippen LogP contribution in [0.5, 0.6) is 0 Å². The molecule has 2 aromatic rings. The number of hydrogen-bond acceptors (Lipinski definition) is 3. The minimum Gasteiger partial charge on any atom is -0.478 e. The average Bonchev–Trinajstić information content (AvgIpc) is 2.84. The zero-order valence-corrected chi connectivity index (χ0v) is 12.4. The maximum atomic E-state index is 12.1. The second-order valence-corrected chi connectivity index (χ2v) is 4.80. The zero-order valence-electron chi connectivity index (χ0n) is 12.4. The van der Waals surface area contributed by atoms with Gasteiger partial charge in [-0.3, -0.25) is 4.79 Å². The van der Waals surface area contributed by atoms with Crippen molar-refractivity contribution in [1.29, 1.82) is 0 Å². The van der Waals surface area contributed by atoms with Crippen molar-refractivity contribution in [3.8, 4) is 0 Å². The van der Waals surface area contributed by atoms with E-state index in [0.29, 0.717) is 29.8 Å². The summed E-state index contributed by atoms with van der Waals surface area (Å²) in [6.07, 6.45) is 0.623. The molecule has 0 saturated heterocycles. The third-order valence-corrected chi connectivity index (χ3v) is 3.45. The molecule has 6 heteroatoms. The predicted octanol–water partition coefficient (Wildman–Crippen LogP) is 1.99. The number of amides is 1. The van der Waals surface area contributed by atoms with Crippen molar-refractivity contribution in [1.82, 2.24) is 14.9 Å². The number of carboxylic acids is 1. The molecule has 0 fully saturated rings. The van der Waals surface area contributed by atoms with Gasteiger partial charge in [-0.25, -0.2) is 9.78 Å². The van der Waals surface area contributed by atoms with E-state index in [-0.39, 0.29) is 11.5 Å². The van der Waals surface area contributed by atoms with Crippen molar-refractivity contribution in [2.24, 2.45) is 0 Å². The predicted molar refractivity (Wildman–Crippen MR) is 79.5 cm³/mol. The summed E-state index contributed by atoms with van der Waals surface area (Å²) in [5.41, 5.74) is 1.26. The van der Waals surface area contributed by atoms with Crippen molar-refractivity contribution >= 4 is 22.9 Å². The number of aryl methyl sites for hydroxylation is 1. The summed E-state index contributed by atoms with van der Waals surface area (Å²) < 4.78 is 1.73. The van der Waals surface area contributed by atoms with Crippen molar-refractivity contribution in [2.75, 3.05) is 6.54 Å². The number of fused-ring (bicyclic) bond motifs is 1. The van der Waals surface area contributed by atoms with Crippen LogP contribution in [0.2, 0.25) is 0 Å². The van der Waals surface area contributed by atoms with Gasteiger partial charge in [-0.15, -0.1) is 0 Å². The molecule has 1 amide bonds. The molecule has 0 saturated carbocycles. The van der Waals surface area contributed by atoms with E-state index in [2.05, 4.69) is 10.3 Å². The van der Waals surface area contributed by atoms with E-state index < -0.39 is 12.0 Å². The Morgan fingerprint density at radius 3 is 2.67 bits per heavy atom. The van der Waals surface area contributed by atoms with E-state index in [0.717, 1.165) is 0 Å². The van der Waals surface area contributed by atoms with Crippen LogP contribution in [0.4, 0.5) is 0 Å². The lowest BCUT2D eigenvalue weighted by molar-refractivity contribution is -0.123. The number of rotatable bonds is 5. The topological polar surface area (TPSA) is 84.2 Å². The Morgan fingerprint density at radius 1 is 1.38 bits per heavy atom. The van der Waals surface area contributed by atoms with Crippen molar-refractivity contribution in [2.45, 2.75) is 33.2 Å². The molecule has 2 rings (SSSR count). The maximum absolute atomic E-state index is 12.1. The SMILES string of the molecule is CCNC(=O)C(C)n1c(CC)nc2cccc(C(=O)O)c21. The van der Waals surface area contributed by atoms with Gasteiger partial charge in [-0.2, -0.15) is 0 Å². The number of carboxylic acid groups (broad SMARTS) is 1. The van der Waals surface area contributed by atoms with Crippen LogP contribution in [0.3, 0.4) is 0 Å². The second kappa shape index (κ2) is 5.95. The molecule has 2 N–H and O–H groups in total. The number of nitrogens with one attached hydrogen (secondary N) is 1. The van der Waals surface area contributed by atoms with E-state index in [9.17, 15) is 14.7 Å². The molecule has 0 spiro atoms. The zero-order chi connectivity index (χ0) is 15.6. The smallest absolute Gasteiger partial charge is 0.337 e. The number of imidazole rings is 1. The Labute approximate surface area is 122 Å². The highest BCUT2D eigenvalue weighted by Gasteiger charge is 2.23. The molecule has 1 heterocycles. The Balaban J connectivity index is 2.70. The average molecular weight is 289 g/mol. The van der Waals surface area contributed by atoms with Gasteiger partial charge in [0.15, 0.2) is 0 Å². The van der Waals surface area contributed by atoms with Crippen LogP contribution >= 0.6 is 0 Å². The molecule has 6 nitrogen and oxygen atoms in total. The second-order valence-electron chi connectivity index (χ2n) is 4.80. The fourth-order valence-electron chi connectivity index (χ4n) is 2.48. The van der Waals surface area contributed by atoms with Gasteiger partial charge in [-0.05, 0) is 26.0 Å². The number of para-hydroxylation sites is 1. The first-order chi connectivity index (χ1) is 10.0. The Hall–Kier alpha value is -2.37. The number of aromatic carboxylic acids is 1. The van der Waals surface area contributed by atoms with Crippen molar-refractivity contribution < 1.29 is 14.7 Å². The summed E-state index contributed by atoms with van der Waals surface area (Å²) >= 11 is 0. The fraction of sp³-hybridized carbons (Fsp3) is 0.400. The largest absolute Gasteiger partial charge is 0.478 e. The monoisotopic (exact) mass is 289 g/mol. The number of hydrogen-bond donors (Lipinski definition) is 2. The van der Waals surface area contributed by atoms with Crippen LogP contribution in [0.1, 0.15) is 43.0 Å². The van der Waals surface area contributed by atoms with Crippen LogP contribution in [0.25, 0.3) is 11.0 Å². The Morgan fingerprint density at radius 2 is 2.10 bits per heavy atom. The normalized spacial score (nSPS) is 12.3. The van der Waals surface area contributed by atoms with Crippen molar-refractivity contribution in [3.63, 3.8) is 0 Å². The molecule has 1 unspecified atom stereocenters. The molecule has 0 radical (unpaired) electrons. The number of nitrogens with zero attached hydrogens (tertiary/aromatic N) is 2. The third kappa shape index (κ3) is 2.61. The highest BCUT2D eigenvalue weighted by molar-refractivity contribution is 6.02. The Kier molecular flexibility index (Phi) is 4.26. The summed E-state index contributed by atoms with van der Waals surface area (Å²) in [5.74, 6) is -0.461. The molecular formula is C15H19N3O3. The van der Waals surface area contributed by atoms with Gasteiger partial charge in [0.05, 0.1) is 16.6 Å². The van der Waals surface area contributed by atoms with Crippen LogP contribution in [0.15, 0.2) is 18.2 Å². The molecule has 0 aliphatic carbocycles. The van der Waals surface area contributed by atoms with Gasteiger partial charge in [0.25, 0.3) is 0 Å². The van der Waals surface area contributed by atoms with E-state index in [1.54, 1.807) is 23.6 Å². The molecule has 112 valence electrons. The summed E-state index contributed by atoms with van der Waals surface area (Å²) in [7, 11) is 0. The van der Waals surface area contributed by atoms with Crippen molar-refractivity contribution in [3.05, 3.63) is 29.6 Å². The van der Waals surface area contributed by atoms with Gasteiger partial charge in [-0.1, -0.05) is 13.0 Å². The number of carbonyl (C=O) groups is 2. The number of carbonyl (C=O) groups excluding carboxylic acids is 1. The lowest BCUT2D eigenvalue weighted by atomic mass is 10.1. The van der Waals surface area contributed by atoms with Gasteiger partial charge >= 0.3 is 5.97 Å². The lowest BCUT2D eigenvalue weighted by Gasteiger charge is -2.17. The lowest BCUT2D eigenvalue weighted by Crippen LogP contribution is -2.31. The quantitative estimate of drug-likeness (QED) is 0.881. The Bertz CT molecular complexity index is 691. The molecule has 1 aromatic heterocycles. The summed E-state index contributed by atoms with van der Waals surface area (Å²) in [6.45, 7) is 6.07. The van der Waals surface area contributed by atoms with E-state index in [1.807, 2.05) is 13.8 Å². The van der Waals surface area contributed by atoms with E-state index >= 15 is 0 Å². The fourth-order valence-corrected chi connectivity index (χ4v) is 2.48. The highest BCUT2D eigenvalue weighted by atomic mass is 16.4. The summed E-state index contributed by atoms with van der Waals surface area (Å²) in [6, 6.07) is 4.46. The molecule has 0 bridgehead atoms. The van der Waals surface area contributed by atoms with Gasteiger partial charge in [0.2, 0.25) is 5.91 Å². The van der Waals surface area contributed by atoms with Gasteiger partial charge in [0, 0.05) is 13.0 Å². The van der Waals surface area contributed by atoms with Crippen LogP contribution in [-0.4, -0.2) is 33.1 Å². The van der Waals surface area contributed by atoms with E-state index in [1.165, 1.54) is 6.07 Å². The number of benzene rings is 1. The van der Waals surface area contributed by atoms with Gasteiger partial charge in [0.1, 0.15) is 11.9 Å². The summed E-state index contributed by atoms with van der Waals surface area (Å²) in [4.78, 5) is 28.0. The van der Waals surface area contributed by atoms with Crippen LogP contribution in [-0.2, 0) is 11.2 Å². The van der Waals surface area contributed by atoms with Crippen LogP contribution < -0.4 is 5.32 Å². The molecule has 0 aliphatic rings. The summed E-state index contributed by atoms with van der Waals surface area (Å²) in [5, 5.41) is 12.1. The molecular weight excluding hydrogens is 270 g/mol. The molecule has 21 heavy (non-hydrogen) atoms. The number of aromatic nitrogens is 2. The number of likely N-dealkylation sites (N-methyl/N-ethyl adjacent to an activating group) is 1. The van der Waals surface area contributed by atoms with E-state index in [4.69, 9.17) is 0 Å². The maximum Gasteiger partial charge on any atom is 0.337 e. The molecule has 1 aromatic carbocycles.